The van der Waals surface area contributed by atoms with Gasteiger partial charge in [0.1, 0.15) is 0 Å². The molecule has 7 atom stereocenters. The molecule has 0 saturated heterocycles. The zero-order valence-corrected chi connectivity index (χ0v) is 14.9. The minimum Gasteiger partial charge on any atom is -0.393 e. The predicted octanol–water partition coefficient (Wildman–Crippen LogP) is 5.27. The monoisotopic (exact) mass is 292 g/mol. The zero-order valence-electron chi connectivity index (χ0n) is 14.9. The van der Waals surface area contributed by atoms with E-state index in [9.17, 15) is 5.11 Å². The third-order valence-corrected chi connectivity index (χ3v) is 8.13. The molecule has 1 N–H and O–H groups in total. The second-order valence-electron chi connectivity index (χ2n) is 9.50. The minimum atomic E-state index is -0.0428. The number of rotatable bonds is 4. The fourth-order valence-corrected chi connectivity index (χ4v) is 6.87. The van der Waals surface area contributed by atoms with Gasteiger partial charge >= 0.3 is 0 Å². The van der Waals surface area contributed by atoms with Crippen LogP contribution in [-0.4, -0.2) is 11.2 Å². The molecule has 0 unspecified atom stereocenters. The first kappa shape index (κ1) is 15.8. The molecule has 1 nitrogen and oxygen atoms in total. The quantitative estimate of drug-likeness (QED) is 0.748. The first-order valence-electron chi connectivity index (χ1n) is 9.49. The lowest BCUT2D eigenvalue weighted by Crippen LogP contribution is -2.39. The topological polar surface area (TPSA) is 20.2 Å². The van der Waals surface area contributed by atoms with E-state index in [2.05, 4.69) is 34.6 Å². The molecular formula is C20H36O. The van der Waals surface area contributed by atoms with E-state index in [4.69, 9.17) is 0 Å². The van der Waals surface area contributed by atoms with Gasteiger partial charge < -0.3 is 5.11 Å². The molecular weight excluding hydrogens is 256 g/mol. The van der Waals surface area contributed by atoms with Gasteiger partial charge in [-0.2, -0.15) is 0 Å². The molecule has 1 spiro atoms. The molecule has 0 aromatic rings. The molecule has 0 aliphatic heterocycles. The summed E-state index contributed by atoms with van der Waals surface area (Å²) in [6.07, 6.45) is 9.44. The lowest BCUT2D eigenvalue weighted by Gasteiger charge is -2.42. The smallest absolute Gasteiger partial charge is 0.0574 e. The van der Waals surface area contributed by atoms with Crippen molar-refractivity contribution in [1.29, 1.82) is 0 Å². The minimum absolute atomic E-state index is 0.0428. The highest BCUT2D eigenvalue weighted by molar-refractivity contribution is 5.16. The molecule has 3 rings (SSSR count). The van der Waals surface area contributed by atoms with Gasteiger partial charge in [-0.15, -0.1) is 0 Å². The van der Waals surface area contributed by atoms with Crippen molar-refractivity contribution < 1.29 is 5.11 Å². The molecule has 0 aromatic carbocycles. The van der Waals surface area contributed by atoms with Gasteiger partial charge in [-0.05, 0) is 72.5 Å². The van der Waals surface area contributed by atoms with Gasteiger partial charge in [0.25, 0.3) is 0 Å². The van der Waals surface area contributed by atoms with E-state index in [-0.39, 0.29) is 6.10 Å². The summed E-state index contributed by atoms with van der Waals surface area (Å²) in [5, 5.41) is 10.7. The first-order chi connectivity index (χ1) is 9.81. The third kappa shape index (κ3) is 2.21. The summed E-state index contributed by atoms with van der Waals surface area (Å²) < 4.78 is 0. The maximum atomic E-state index is 10.7. The second-order valence-corrected chi connectivity index (χ2v) is 9.50. The molecule has 0 aromatic heterocycles. The van der Waals surface area contributed by atoms with Crippen LogP contribution in [0.3, 0.4) is 0 Å². The first-order valence-corrected chi connectivity index (χ1v) is 9.49. The lowest BCUT2D eigenvalue weighted by molar-refractivity contribution is -0.0209. The Kier molecular flexibility index (Phi) is 3.96. The molecule has 3 saturated carbocycles. The fraction of sp³-hybridized carbons (Fsp3) is 1.00. The maximum Gasteiger partial charge on any atom is 0.0574 e. The van der Waals surface area contributed by atoms with Crippen molar-refractivity contribution in [1.82, 2.24) is 0 Å². The van der Waals surface area contributed by atoms with Crippen LogP contribution >= 0.6 is 0 Å². The van der Waals surface area contributed by atoms with Gasteiger partial charge in [-0.1, -0.05) is 47.5 Å². The van der Waals surface area contributed by atoms with Crippen molar-refractivity contribution in [2.24, 2.45) is 40.4 Å². The van der Waals surface area contributed by atoms with Gasteiger partial charge in [-0.25, -0.2) is 0 Å². The molecule has 21 heavy (non-hydrogen) atoms. The van der Waals surface area contributed by atoms with Crippen LogP contribution in [0.1, 0.15) is 79.6 Å². The highest BCUT2D eigenvalue weighted by atomic mass is 16.3. The van der Waals surface area contributed by atoms with E-state index in [1.54, 1.807) is 0 Å². The van der Waals surface area contributed by atoms with E-state index in [1.165, 1.54) is 38.5 Å². The normalized spacial score (nSPS) is 52.4. The summed E-state index contributed by atoms with van der Waals surface area (Å²) in [4.78, 5) is 0. The van der Waals surface area contributed by atoms with Crippen molar-refractivity contribution in [3.8, 4) is 0 Å². The SMILES string of the molecule is CC(C)CCC[C@@]1(C)[C@H]2C[C@@]3(C[C@H](O)[C@H]2C)[C@@H](C)CC[C@@H]13. The van der Waals surface area contributed by atoms with Crippen LogP contribution in [0.15, 0.2) is 0 Å². The van der Waals surface area contributed by atoms with Gasteiger partial charge in [0.2, 0.25) is 0 Å². The molecule has 0 radical (unpaired) electrons. The van der Waals surface area contributed by atoms with Crippen molar-refractivity contribution in [3.63, 3.8) is 0 Å². The van der Waals surface area contributed by atoms with Crippen LogP contribution in [-0.2, 0) is 0 Å². The highest BCUT2D eigenvalue weighted by Crippen LogP contribution is 2.73. The van der Waals surface area contributed by atoms with E-state index in [0.717, 1.165) is 30.1 Å². The Labute approximate surface area is 131 Å². The maximum absolute atomic E-state index is 10.7. The van der Waals surface area contributed by atoms with Crippen LogP contribution in [0.4, 0.5) is 0 Å². The van der Waals surface area contributed by atoms with Gasteiger partial charge in [0.05, 0.1) is 6.10 Å². The van der Waals surface area contributed by atoms with Crippen molar-refractivity contribution in [2.45, 2.75) is 85.7 Å². The Morgan fingerprint density at radius 3 is 2.52 bits per heavy atom. The van der Waals surface area contributed by atoms with Crippen LogP contribution in [0.25, 0.3) is 0 Å². The second kappa shape index (κ2) is 5.25. The van der Waals surface area contributed by atoms with Crippen molar-refractivity contribution in [3.05, 3.63) is 0 Å². The third-order valence-electron chi connectivity index (χ3n) is 8.13. The largest absolute Gasteiger partial charge is 0.393 e. The van der Waals surface area contributed by atoms with Crippen molar-refractivity contribution in [2.75, 3.05) is 0 Å². The molecule has 122 valence electrons. The summed E-state index contributed by atoms with van der Waals surface area (Å²) in [6.45, 7) is 12.1. The van der Waals surface area contributed by atoms with Crippen molar-refractivity contribution >= 4 is 0 Å². The summed E-state index contributed by atoms with van der Waals surface area (Å²) in [7, 11) is 0. The van der Waals surface area contributed by atoms with E-state index < -0.39 is 0 Å². The summed E-state index contributed by atoms with van der Waals surface area (Å²) in [6, 6.07) is 0. The van der Waals surface area contributed by atoms with Gasteiger partial charge in [0, 0.05) is 0 Å². The Morgan fingerprint density at radius 2 is 1.86 bits per heavy atom. The molecule has 0 heterocycles. The summed E-state index contributed by atoms with van der Waals surface area (Å²) in [5.74, 6) is 3.82. The fourth-order valence-electron chi connectivity index (χ4n) is 6.87. The van der Waals surface area contributed by atoms with E-state index in [1.807, 2.05) is 0 Å². The number of fused-ring (bicyclic) bond motifs is 1. The Hall–Kier alpha value is -0.0400. The molecule has 3 aliphatic rings. The lowest BCUT2D eigenvalue weighted by atomic mass is 9.64. The summed E-state index contributed by atoms with van der Waals surface area (Å²) in [5.41, 5.74) is 0.986. The van der Waals surface area contributed by atoms with Crippen LogP contribution in [0.2, 0.25) is 0 Å². The van der Waals surface area contributed by atoms with Crippen LogP contribution in [0.5, 0.6) is 0 Å². The number of hydrogen-bond acceptors (Lipinski definition) is 1. The van der Waals surface area contributed by atoms with Crippen LogP contribution < -0.4 is 0 Å². The molecule has 0 amide bonds. The molecule has 3 aliphatic carbocycles. The number of aliphatic hydroxyl groups is 1. The Morgan fingerprint density at radius 1 is 1.14 bits per heavy atom. The average Bonchev–Trinajstić information content (AvgIpc) is 2.81. The van der Waals surface area contributed by atoms with Gasteiger partial charge in [-0.3, -0.25) is 0 Å². The van der Waals surface area contributed by atoms with Crippen LogP contribution in [0, 0.1) is 40.4 Å². The Bertz CT molecular complexity index is 389. The highest BCUT2D eigenvalue weighted by Gasteiger charge is 2.67. The predicted molar refractivity (Wildman–Crippen MR) is 89.0 cm³/mol. The molecule has 3 fully saturated rings. The molecule has 1 heteroatoms. The van der Waals surface area contributed by atoms with Gasteiger partial charge in [0.15, 0.2) is 0 Å². The zero-order chi connectivity index (χ0) is 15.4. The molecule has 2 bridgehead atoms. The Balaban J connectivity index is 1.86. The van der Waals surface area contributed by atoms with E-state index >= 15 is 0 Å². The number of aliphatic hydroxyl groups excluding tert-OH is 1. The number of hydrogen-bond donors (Lipinski definition) is 1. The average molecular weight is 293 g/mol. The van der Waals surface area contributed by atoms with E-state index in [0.29, 0.717) is 16.7 Å². The summed E-state index contributed by atoms with van der Waals surface area (Å²) >= 11 is 0. The standard InChI is InChI=1S/C20H36O/c1-13(2)7-6-10-19(5)16-11-20(12-17(21)15(16)4)14(3)8-9-18(19)20/h13-18,21H,6-12H2,1-5H3/t14-,15-,16-,17-,18-,19-,20+/m0/s1.